The lowest BCUT2D eigenvalue weighted by molar-refractivity contribution is -0.142. The van der Waals surface area contributed by atoms with Crippen molar-refractivity contribution in [3.63, 3.8) is 0 Å². The first-order valence-electron chi connectivity index (χ1n) is 13.9. The van der Waals surface area contributed by atoms with Crippen LogP contribution < -0.4 is 5.32 Å². The first-order chi connectivity index (χ1) is 21.1. The predicted molar refractivity (Wildman–Crippen MR) is 164 cm³/mol. The summed E-state index contributed by atoms with van der Waals surface area (Å²) in [5, 5.41) is 18.2. The van der Waals surface area contributed by atoms with Crippen LogP contribution in [-0.2, 0) is 27.0 Å². The van der Waals surface area contributed by atoms with E-state index < -0.39 is 41.4 Å². The molecule has 10 nitrogen and oxygen atoms in total. The number of alkyl halides is 3. The van der Waals surface area contributed by atoms with E-state index in [-0.39, 0.29) is 42.7 Å². The van der Waals surface area contributed by atoms with Gasteiger partial charge in [0.2, 0.25) is 0 Å². The molecule has 2 N–H and O–H groups in total. The second-order valence-electron chi connectivity index (χ2n) is 11.6. The van der Waals surface area contributed by atoms with Crippen LogP contribution in [0.2, 0.25) is 5.02 Å². The number of rotatable bonds is 7. The third-order valence-electron chi connectivity index (χ3n) is 7.08. The van der Waals surface area contributed by atoms with Gasteiger partial charge in [-0.3, -0.25) is 14.4 Å². The van der Waals surface area contributed by atoms with Crippen molar-refractivity contribution in [2.75, 3.05) is 13.1 Å². The van der Waals surface area contributed by atoms with Crippen LogP contribution in [0.5, 0.6) is 0 Å². The molecule has 2 aliphatic heterocycles. The molecule has 0 aliphatic carbocycles. The van der Waals surface area contributed by atoms with E-state index in [1.807, 2.05) is 0 Å². The summed E-state index contributed by atoms with van der Waals surface area (Å²) in [5.41, 5.74) is -0.270. The third-order valence-corrected chi connectivity index (χ3v) is 8.30. The molecule has 2 atom stereocenters. The number of nitrogens with zero attached hydrogens (tertiary/aromatic N) is 4. The highest BCUT2D eigenvalue weighted by Crippen LogP contribution is 2.35. The molecule has 2 aliphatic rings. The van der Waals surface area contributed by atoms with E-state index in [2.05, 4.69) is 15.4 Å². The van der Waals surface area contributed by atoms with Gasteiger partial charge in [0.05, 0.1) is 33.8 Å². The number of benzene rings is 2. The Balaban J connectivity index is 1.23. The summed E-state index contributed by atoms with van der Waals surface area (Å²) in [4.78, 5) is 42.6. The Bertz CT molecular complexity index is 1730. The molecule has 3 heterocycles. The molecule has 15 heteroatoms. The fourth-order valence-corrected chi connectivity index (χ4v) is 6.12. The van der Waals surface area contributed by atoms with E-state index in [0.717, 1.165) is 6.07 Å². The number of hydrogen-bond donors (Lipinski definition) is 2. The number of aliphatic carboxylic acids is 1. The van der Waals surface area contributed by atoms with E-state index >= 15 is 0 Å². The molecular formula is C30H29ClF3N5O5S. The molecule has 0 spiro atoms. The lowest BCUT2D eigenvalue weighted by Crippen LogP contribution is -2.44. The van der Waals surface area contributed by atoms with Crippen molar-refractivity contribution in [2.45, 2.75) is 57.6 Å². The van der Waals surface area contributed by atoms with E-state index in [1.165, 1.54) is 33.5 Å². The van der Waals surface area contributed by atoms with Crippen LogP contribution in [0, 0.1) is 0 Å². The van der Waals surface area contributed by atoms with Gasteiger partial charge >= 0.3 is 18.2 Å². The Kier molecular flexibility index (Phi) is 9.02. The quantitative estimate of drug-likeness (QED) is 0.303. The van der Waals surface area contributed by atoms with Gasteiger partial charge in [-0.25, -0.2) is 14.6 Å². The molecule has 5 rings (SSSR count). The first-order valence-corrected chi connectivity index (χ1v) is 15.1. The molecule has 238 valence electrons. The van der Waals surface area contributed by atoms with Crippen molar-refractivity contribution in [2.24, 2.45) is 4.99 Å². The fourth-order valence-electron chi connectivity index (χ4n) is 5.09. The number of fused-ring (bicyclic) bond motifs is 1. The second-order valence-corrected chi connectivity index (χ2v) is 13.2. The zero-order valence-corrected chi connectivity index (χ0v) is 26.0. The number of halogens is 4. The lowest BCUT2D eigenvalue weighted by atomic mass is 10.1. The summed E-state index contributed by atoms with van der Waals surface area (Å²) in [7, 11) is 0. The number of likely N-dealkylation sites (tertiary alicyclic amines) is 1. The summed E-state index contributed by atoms with van der Waals surface area (Å²) in [6.07, 6.45) is -1.88. The van der Waals surface area contributed by atoms with Gasteiger partial charge in [-0.05, 0) is 68.7 Å². The van der Waals surface area contributed by atoms with E-state index in [0.29, 0.717) is 26.4 Å². The zero-order valence-electron chi connectivity index (χ0n) is 24.4. The maximum absolute atomic E-state index is 13.6. The van der Waals surface area contributed by atoms with Gasteiger partial charge in [0.1, 0.15) is 11.6 Å². The van der Waals surface area contributed by atoms with Gasteiger partial charge in [-0.15, -0.1) is 0 Å². The average Bonchev–Trinajstić information content (AvgIpc) is 3.64. The molecular weight excluding hydrogens is 635 g/mol. The summed E-state index contributed by atoms with van der Waals surface area (Å²) < 4.78 is 47.5. The van der Waals surface area contributed by atoms with Crippen molar-refractivity contribution < 1.29 is 37.4 Å². The summed E-state index contributed by atoms with van der Waals surface area (Å²) in [5.74, 6) is -1.56. The van der Waals surface area contributed by atoms with Crippen molar-refractivity contribution in [1.82, 2.24) is 20.0 Å². The number of thioether (sulfide) groups is 1. The molecule has 45 heavy (non-hydrogen) atoms. The number of aliphatic imine (C=N–C) groups is 1. The smallest absolute Gasteiger partial charge is 0.416 e. The number of nitrogens with one attached hydrogen (secondary N) is 1. The average molecular weight is 664 g/mol. The van der Waals surface area contributed by atoms with Crippen molar-refractivity contribution in [3.8, 4) is 0 Å². The molecule has 1 aromatic heterocycles. The van der Waals surface area contributed by atoms with Crippen molar-refractivity contribution >= 4 is 63.4 Å². The normalized spacial score (nSPS) is 19.9. The molecule has 0 radical (unpaired) electrons. The SMILES string of the molecule is CC(C)(C)OC(=O)N1CC(NCC2=NC(=O)/C(=C/c3ccc4c(cnn4Cc4ccc(Cl)cc4C(F)(F)F)c3)S2)CC1C(=O)O. The minimum absolute atomic E-state index is 0.00784. The van der Waals surface area contributed by atoms with Crippen molar-refractivity contribution in [3.05, 3.63) is 69.2 Å². The van der Waals surface area contributed by atoms with Crippen LogP contribution in [0.15, 0.2) is 52.5 Å². The highest BCUT2D eigenvalue weighted by atomic mass is 35.5. The summed E-state index contributed by atoms with van der Waals surface area (Å²) in [6.45, 7) is 5.32. The maximum atomic E-state index is 13.6. The minimum Gasteiger partial charge on any atom is -0.480 e. The molecule has 3 aromatic rings. The molecule has 0 bridgehead atoms. The molecule has 1 saturated heterocycles. The summed E-state index contributed by atoms with van der Waals surface area (Å²) >= 11 is 6.98. The number of carbonyl (C=O) groups excluding carboxylic acids is 2. The number of carboxylic acids is 1. The monoisotopic (exact) mass is 663 g/mol. The topological polar surface area (TPSA) is 126 Å². The van der Waals surface area contributed by atoms with E-state index in [9.17, 15) is 32.7 Å². The van der Waals surface area contributed by atoms with Crippen LogP contribution >= 0.6 is 23.4 Å². The number of carboxylic acid groups (broad SMARTS) is 1. The summed E-state index contributed by atoms with van der Waals surface area (Å²) in [6, 6.07) is 7.49. The van der Waals surface area contributed by atoms with Gasteiger partial charge in [-0.2, -0.15) is 18.3 Å². The van der Waals surface area contributed by atoms with E-state index in [4.69, 9.17) is 16.3 Å². The molecule has 0 saturated carbocycles. The lowest BCUT2D eigenvalue weighted by Gasteiger charge is -2.26. The Morgan fingerprint density at radius 2 is 1.96 bits per heavy atom. The fraction of sp³-hybridized carbons (Fsp3) is 0.367. The Hall–Kier alpha value is -3.88. The number of carbonyl (C=O) groups is 3. The molecule has 1 fully saturated rings. The number of amides is 2. The van der Waals surface area contributed by atoms with Crippen LogP contribution in [0.4, 0.5) is 18.0 Å². The largest absolute Gasteiger partial charge is 0.480 e. The molecule has 2 aromatic carbocycles. The predicted octanol–water partition coefficient (Wildman–Crippen LogP) is 5.82. The van der Waals surface area contributed by atoms with Crippen LogP contribution in [0.25, 0.3) is 17.0 Å². The highest BCUT2D eigenvalue weighted by Gasteiger charge is 2.41. The number of aromatic nitrogens is 2. The van der Waals surface area contributed by atoms with Crippen LogP contribution in [-0.4, -0.2) is 73.6 Å². The standard InChI is InChI=1S/C30H29ClF3N5O5S/c1-29(2,3)44-28(43)38-15-20(11-23(38)27(41)42)35-13-25-37-26(40)24(45-25)9-16-4-7-22-18(8-16)12-36-39(22)14-17-5-6-19(31)10-21(17)30(32,33)34/h4-10,12,20,23,35H,11,13-15H2,1-3H3,(H,41,42)/b24-9-. The van der Waals surface area contributed by atoms with Gasteiger partial charge in [0.25, 0.3) is 5.91 Å². The van der Waals surface area contributed by atoms with Gasteiger partial charge in [-0.1, -0.05) is 35.5 Å². The minimum atomic E-state index is -4.57. The Morgan fingerprint density at radius 1 is 1.20 bits per heavy atom. The highest BCUT2D eigenvalue weighted by molar-refractivity contribution is 8.18. The van der Waals surface area contributed by atoms with E-state index in [1.54, 1.807) is 51.2 Å². The molecule has 2 unspecified atom stereocenters. The van der Waals surface area contributed by atoms with Gasteiger partial charge in [0.15, 0.2) is 0 Å². The zero-order chi connectivity index (χ0) is 32.7. The number of ether oxygens (including phenoxy) is 1. The maximum Gasteiger partial charge on any atom is 0.416 e. The Labute approximate surface area is 265 Å². The third kappa shape index (κ3) is 7.68. The second kappa shape index (κ2) is 12.5. The Morgan fingerprint density at radius 3 is 2.64 bits per heavy atom. The van der Waals surface area contributed by atoms with Crippen LogP contribution in [0.1, 0.15) is 43.9 Å². The van der Waals surface area contributed by atoms with Crippen LogP contribution in [0.3, 0.4) is 0 Å². The number of hydrogen-bond acceptors (Lipinski definition) is 7. The first kappa shape index (κ1) is 32.5. The van der Waals surface area contributed by atoms with Crippen molar-refractivity contribution in [1.29, 1.82) is 0 Å². The van der Waals surface area contributed by atoms with Gasteiger partial charge < -0.3 is 15.2 Å². The van der Waals surface area contributed by atoms with Gasteiger partial charge in [0, 0.05) is 29.5 Å². The molecule has 2 amide bonds.